The van der Waals surface area contributed by atoms with Crippen molar-refractivity contribution < 1.29 is 23.1 Å². The average Bonchev–Trinajstić information content (AvgIpc) is 3.80. The Labute approximate surface area is 278 Å². The molecule has 0 aliphatic carbocycles. The lowest BCUT2D eigenvalue weighted by molar-refractivity contribution is 0.0115. The van der Waals surface area contributed by atoms with Gasteiger partial charge >= 0.3 is 0 Å². The number of morpholine rings is 1. The fourth-order valence-corrected chi connectivity index (χ4v) is 7.59. The molecule has 11 nitrogen and oxygen atoms in total. The number of halogens is 2. The minimum Gasteiger partial charge on any atom is -0.491 e. The van der Waals surface area contributed by atoms with E-state index in [0.29, 0.717) is 37.3 Å². The summed E-state index contributed by atoms with van der Waals surface area (Å²) in [5.74, 6) is 0.0461. The highest BCUT2D eigenvalue weighted by Crippen LogP contribution is 2.48. The largest absolute Gasteiger partial charge is 0.491 e. The Hall–Kier alpha value is -4.33. The number of hydroxylamine groups is 1. The number of nitrogens with zero attached hydrogens (tertiary/aromatic N) is 7. The van der Waals surface area contributed by atoms with Gasteiger partial charge in [0.1, 0.15) is 17.9 Å². The molecule has 0 radical (unpaired) electrons. The van der Waals surface area contributed by atoms with Crippen LogP contribution in [0.4, 0.5) is 31.8 Å². The molecule has 2 aromatic heterocycles. The molecule has 1 N–H and O–H groups in total. The van der Waals surface area contributed by atoms with Gasteiger partial charge in [0.2, 0.25) is 0 Å². The summed E-state index contributed by atoms with van der Waals surface area (Å²) in [6.45, 7) is 6.56. The Morgan fingerprint density at radius 1 is 0.958 bits per heavy atom. The van der Waals surface area contributed by atoms with Crippen LogP contribution in [0.3, 0.4) is 0 Å². The lowest BCUT2D eigenvalue weighted by atomic mass is 9.92. The van der Waals surface area contributed by atoms with E-state index in [4.69, 9.17) is 14.3 Å². The molecule has 4 aliphatic rings. The van der Waals surface area contributed by atoms with Crippen molar-refractivity contribution >= 4 is 23.0 Å². The van der Waals surface area contributed by atoms with E-state index in [9.17, 15) is 8.78 Å². The summed E-state index contributed by atoms with van der Waals surface area (Å²) in [5, 5.41) is 9.57. The van der Waals surface area contributed by atoms with E-state index in [0.717, 1.165) is 93.7 Å². The third-order valence-corrected chi connectivity index (χ3v) is 9.91. The molecule has 6 heterocycles. The molecule has 4 aliphatic heterocycles. The smallest absolute Gasteiger partial charge is 0.164 e. The van der Waals surface area contributed by atoms with Crippen molar-refractivity contribution in [2.75, 3.05) is 67.9 Å². The molecular weight excluding hydrogens is 618 g/mol. The predicted octanol–water partition coefficient (Wildman–Crippen LogP) is 5.41. The molecule has 4 aromatic rings. The predicted molar refractivity (Wildman–Crippen MR) is 178 cm³/mol. The number of ether oxygens (including phenoxy) is 2. The van der Waals surface area contributed by atoms with Crippen LogP contribution in [0, 0.1) is 11.6 Å². The maximum atomic E-state index is 14.8. The second kappa shape index (κ2) is 13.3. The van der Waals surface area contributed by atoms with E-state index in [-0.39, 0.29) is 5.56 Å². The molecule has 1 atom stereocenters. The number of nitrogens with one attached hydrogen (secondary N) is 1. The van der Waals surface area contributed by atoms with E-state index in [1.54, 1.807) is 17.2 Å². The molecule has 8 rings (SSSR count). The Morgan fingerprint density at radius 3 is 2.62 bits per heavy atom. The number of fused-ring (bicyclic) bond motifs is 1. The molecule has 0 saturated carbocycles. The second-order valence-corrected chi connectivity index (χ2v) is 12.8. The SMILES string of the molecule is Cn1cc(-c2cc(Nc3cc(N4OCC[C@@H]4c4cccc(F)c4F)ncn3)c3c(c2N2CCC(N4CCOCC4)CC2)CCCO3)cn1. The number of hydrogen-bond donors (Lipinski definition) is 1. The van der Waals surface area contributed by atoms with Crippen molar-refractivity contribution in [3.05, 3.63) is 71.8 Å². The zero-order chi connectivity index (χ0) is 32.6. The van der Waals surface area contributed by atoms with Crippen LogP contribution >= 0.6 is 0 Å². The fourth-order valence-electron chi connectivity index (χ4n) is 7.59. The number of anilines is 4. The van der Waals surface area contributed by atoms with Gasteiger partial charge in [-0.2, -0.15) is 5.10 Å². The zero-order valence-corrected chi connectivity index (χ0v) is 27.1. The van der Waals surface area contributed by atoms with Gasteiger partial charge in [-0.25, -0.2) is 23.8 Å². The first-order chi connectivity index (χ1) is 23.5. The van der Waals surface area contributed by atoms with Crippen LogP contribution in [-0.4, -0.2) is 83.3 Å². The third-order valence-electron chi connectivity index (χ3n) is 9.91. The summed E-state index contributed by atoms with van der Waals surface area (Å²) in [5.41, 5.74) is 5.57. The lowest BCUT2D eigenvalue weighted by Gasteiger charge is -2.42. The Kier molecular flexibility index (Phi) is 8.57. The molecule has 13 heteroatoms. The molecule has 3 fully saturated rings. The first kappa shape index (κ1) is 31.0. The van der Waals surface area contributed by atoms with Crippen LogP contribution in [0.2, 0.25) is 0 Å². The first-order valence-corrected chi connectivity index (χ1v) is 16.9. The number of aromatic nitrogens is 4. The van der Waals surface area contributed by atoms with E-state index in [1.165, 1.54) is 23.6 Å². The first-order valence-electron chi connectivity index (χ1n) is 16.9. The van der Waals surface area contributed by atoms with Crippen LogP contribution in [0.15, 0.2) is 49.1 Å². The second-order valence-electron chi connectivity index (χ2n) is 12.8. The highest BCUT2D eigenvalue weighted by Gasteiger charge is 2.34. The van der Waals surface area contributed by atoms with Crippen molar-refractivity contribution in [2.24, 2.45) is 7.05 Å². The van der Waals surface area contributed by atoms with Gasteiger partial charge < -0.3 is 19.7 Å². The monoisotopic (exact) mass is 658 g/mol. The van der Waals surface area contributed by atoms with Gasteiger partial charge in [-0.1, -0.05) is 12.1 Å². The molecule has 2 aromatic carbocycles. The summed E-state index contributed by atoms with van der Waals surface area (Å²) in [6.07, 6.45) is 9.94. The summed E-state index contributed by atoms with van der Waals surface area (Å²) in [4.78, 5) is 20.0. The summed E-state index contributed by atoms with van der Waals surface area (Å²) in [6, 6.07) is 8.17. The summed E-state index contributed by atoms with van der Waals surface area (Å²) >= 11 is 0. The number of benzene rings is 2. The quantitative estimate of drug-likeness (QED) is 0.278. The van der Waals surface area contributed by atoms with Crippen LogP contribution < -0.4 is 20.0 Å². The minimum absolute atomic E-state index is 0.230. The lowest BCUT2D eigenvalue weighted by Crippen LogP contribution is -2.49. The van der Waals surface area contributed by atoms with Gasteiger partial charge in [-0.3, -0.25) is 14.4 Å². The maximum absolute atomic E-state index is 14.8. The van der Waals surface area contributed by atoms with E-state index < -0.39 is 17.7 Å². The van der Waals surface area contributed by atoms with Gasteiger partial charge in [-0.05, 0) is 37.8 Å². The van der Waals surface area contributed by atoms with E-state index in [2.05, 4.69) is 42.4 Å². The van der Waals surface area contributed by atoms with Crippen molar-refractivity contribution in [3.63, 3.8) is 0 Å². The van der Waals surface area contributed by atoms with Crippen LogP contribution in [0.25, 0.3) is 11.1 Å². The number of rotatable bonds is 7. The molecule has 3 saturated heterocycles. The number of hydrogen-bond acceptors (Lipinski definition) is 10. The molecule has 0 bridgehead atoms. The highest BCUT2D eigenvalue weighted by atomic mass is 19.2. The molecule has 0 unspecified atom stereocenters. The molecule has 252 valence electrons. The third kappa shape index (κ3) is 5.95. The topological polar surface area (TPSA) is 93.0 Å². The van der Waals surface area contributed by atoms with Crippen molar-refractivity contribution in [1.82, 2.24) is 24.6 Å². The van der Waals surface area contributed by atoms with Crippen molar-refractivity contribution in [2.45, 2.75) is 44.2 Å². The standard InChI is InChI=1S/C35H40F2N8O3/c1-42-21-23(20-40-42)27-18-29(35-26(5-3-14-47-35)34(27)44-10-7-24(8-11-44)43-12-16-46-17-13-43)41-31-19-32(39-22-38-31)45-30(9-15-48-45)25-4-2-6-28(36)33(25)37/h2,4,6,18-22,24,30H,3,5,7-17H2,1H3,(H,38,39,41)/t30-/m1/s1. The van der Waals surface area contributed by atoms with E-state index in [1.807, 2.05) is 17.9 Å². The van der Waals surface area contributed by atoms with Crippen LogP contribution in [0.5, 0.6) is 5.75 Å². The van der Waals surface area contributed by atoms with Crippen LogP contribution in [-0.2, 0) is 23.0 Å². The fraction of sp³-hybridized carbons (Fsp3) is 0.457. The average molecular weight is 659 g/mol. The highest BCUT2D eigenvalue weighted by molar-refractivity contribution is 5.89. The van der Waals surface area contributed by atoms with Crippen LogP contribution in [0.1, 0.15) is 42.9 Å². The molecule has 48 heavy (non-hydrogen) atoms. The summed E-state index contributed by atoms with van der Waals surface area (Å²) in [7, 11) is 1.93. The van der Waals surface area contributed by atoms with Gasteiger partial charge in [0.15, 0.2) is 17.5 Å². The summed E-state index contributed by atoms with van der Waals surface area (Å²) < 4.78 is 42.7. The van der Waals surface area contributed by atoms with Crippen molar-refractivity contribution in [3.8, 4) is 16.9 Å². The molecular formula is C35H40F2N8O3. The Bertz CT molecular complexity index is 1770. The zero-order valence-electron chi connectivity index (χ0n) is 27.1. The number of aryl methyl sites for hydroxylation is 1. The molecule has 0 amide bonds. The Balaban J connectivity index is 1.12. The maximum Gasteiger partial charge on any atom is 0.164 e. The van der Waals surface area contributed by atoms with Crippen molar-refractivity contribution in [1.29, 1.82) is 0 Å². The Morgan fingerprint density at radius 2 is 1.81 bits per heavy atom. The van der Waals surface area contributed by atoms with E-state index >= 15 is 0 Å². The van der Waals surface area contributed by atoms with Gasteiger partial charge in [0, 0.05) is 80.2 Å². The normalized spacial score (nSPS) is 20.5. The van der Waals surface area contributed by atoms with Gasteiger partial charge in [-0.15, -0.1) is 0 Å². The molecule has 0 spiro atoms. The number of piperidine rings is 1. The minimum atomic E-state index is -0.886. The van der Waals surface area contributed by atoms with Gasteiger partial charge in [0.25, 0.3) is 0 Å². The van der Waals surface area contributed by atoms with Gasteiger partial charge in [0.05, 0.1) is 50.0 Å².